The second kappa shape index (κ2) is 10.0. The van der Waals surface area contributed by atoms with Crippen molar-refractivity contribution in [2.24, 2.45) is 0 Å². The van der Waals surface area contributed by atoms with E-state index in [0.29, 0.717) is 5.75 Å². The quantitative estimate of drug-likeness (QED) is 0.115. The topological polar surface area (TPSA) is 35.5 Å². The van der Waals surface area contributed by atoms with Crippen LogP contribution < -0.4 is 9.47 Å². The van der Waals surface area contributed by atoms with Gasteiger partial charge in [-0.3, -0.25) is 0 Å². The van der Waals surface area contributed by atoms with E-state index >= 15 is 0 Å². The van der Waals surface area contributed by atoms with Crippen LogP contribution in [0.15, 0.2) is 73.3 Å². The fraction of sp³-hybridized carbons (Fsp3) is 0.207. The summed E-state index contributed by atoms with van der Waals surface area (Å²) in [6.45, 7) is 6.37. The molecule has 3 aromatic rings. The molecule has 0 amide bonds. The molecule has 0 unspecified atom stereocenters. The standard InChI is InChI=1S/C29H26O3/c1-3-5-6-17-31-26-14-16-28-24(20-26)19-23-18-22(11-15-27(23)28)8-7-21-9-12-25(13-10-21)32-29(30)4-2/h4,9-16,18,20H,2-3,5-6,17,19H2,1H3. The molecule has 0 N–H and O–H groups in total. The van der Waals surface area contributed by atoms with Gasteiger partial charge in [0.1, 0.15) is 11.5 Å². The summed E-state index contributed by atoms with van der Waals surface area (Å²) in [7, 11) is 0. The Morgan fingerprint density at radius 3 is 2.31 bits per heavy atom. The summed E-state index contributed by atoms with van der Waals surface area (Å²) in [5, 5.41) is 0. The molecule has 0 atom stereocenters. The monoisotopic (exact) mass is 422 g/mol. The first-order valence-electron chi connectivity index (χ1n) is 11.0. The number of unbranched alkanes of at least 4 members (excludes halogenated alkanes) is 2. The van der Waals surface area contributed by atoms with Gasteiger partial charge in [-0.1, -0.05) is 50.3 Å². The molecular weight excluding hydrogens is 396 g/mol. The van der Waals surface area contributed by atoms with Crippen LogP contribution in [0.4, 0.5) is 0 Å². The van der Waals surface area contributed by atoms with E-state index in [1.54, 1.807) is 12.1 Å². The average Bonchev–Trinajstić information content (AvgIpc) is 3.18. The van der Waals surface area contributed by atoms with E-state index in [4.69, 9.17) is 9.47 Å². The highest BCUT2D eigenvalue weighted by Crippen LogP contribution is 2.38. The summed E-state index contributed by atoms with van der Waals surface area (Å²) >= 11 is 0. The molecule has 3 aromatic carbocycles. The van der Waals surface area contributed by atoms with E-state index in [1.165, 1.54) is 35.1 Å². The Morgan fingerprint density at radius 2 is 1.56 bits per heavy atom. The van der Waals surface area contributed by atoms with Crippen molar-refractivity contribution in [2.75, 3.05) is 6.61 Å². The number of carbonyl (C=O) groups excluding carboxylic acids is 1. The Labute approximate surface area is 189 Å². The number of hydrogen-bond acceptors (Lipinski definition) is 3. The van der Waals surface area contributed by atoms with Gasteiger partial charge in [0, 0.05) is 17.2 Å². The van der Waals surface area contributed by atoms with Crippen LogP contribution in [0, 0.1) is 11.8 Å². The molecule has 0 bridgehead atoms. The second-order valence-corrected chi connectivity index (χ2v) is 7.82. The maximum Gasteiger partial charge on any atom is 0.335 e. The molecule has 0 aromatic heterocycles. The summed E-state index contributed by atoms with van der Waals surface area (Å²) in [6, 6.07) is 19.9. The van der Waals surface area contributed by atoms with Gasteiger partial charge in [0.15, 0.2) is 0 Å². The van der Waals surface area contributed by atoms with E-state index in [2.05, 4.69) is 61.7 Å². The Kier molecular flexibility index (Phi) is 6.72. The number of benzene rings is 3. The summed E-state index contributed by atoms with van der Waals surface area (Å²) in [6.07, 6.45) is 5.53. The second-order valence-electron chi connectivity index (χ2n) is 7.82. The Morgan fingerprint density at radius 1 is 0.906 bits per heavy atom. The van der Waals surface area contributed by atoms with Crippen molar-refractivity contribution >= 4 is 5.97 Å². The molecule has 0 fully saturated rings. The molecule has 0 aliphatic heterocycles. The molecule has 0 heterocycles. The predicted molar refractivity (Wildman–Crippen MR) is 128 cm³/mol. The van der Waals surface area contributed by atoms with Crippen LogP contribution in [0.25, 0.3) is 11.1 Å². The van der Waals surface area contributed by atoms with Gasteiger partial charge in [0.2, 0.25) is 0 Å². The van der Waals surface area contributed by atoms with Crippen LogP contribution in [-0.2, 0) is 11.2 Å². The number of carbonyl (C=O) groups is 1. The van der Waals surface area contributed by atoms with Crippen LogP contribution in [0.2, 0.25) is 0 Å². The Hall–Kier alpha value is -3.77. The van der Waals surface area contributed by atoms with Gasteiger partial charge in [-0.25, -0.2) is 4.79 Å². The van der Waals surface area contributed by atoms with E-state index in [9.17, 15) is 4.79 Å². The highest BCUT2D eigenvalue weighted by atomic mass is 16.5. The molecule has 0 saturated carbocycles. The number of hydrogen-bond donors (Lipinski definition) is 0. The van der Waals surface area contributed by atoms with Gasteiger partial charge in [-0.15, -0.1) is 0 Å². The molecular formula is C29H26O3. The first kappa shape index (κ1) is 21.5. The maximum absolute atomic E-state index is 11.3. The first-order chi connectivity index (χ1) is 15.7. The third-order valence-electron chi connectivity index (χ3n) is 5.46. The summed E-state index contributed by atoms with van der Waals surface area (Å²) in [5.41, 5.74) is 7.00. The third kappa shape index (κ3) is 5.10. The van der Waals surface area contributed by atoms with E-state index in [1.807, 2.05) is 12.1 Å². The minimum absolute atomic E-state index is 0.474. The highest BCUT2D eigenvalue weighted by molar-refractivity contribution is 5.83. The van der Waals surface area contributed by atoms with Crippen LogP contribution >= 0.6 is 0 Å². The maximum atomic E-state index is 11.3. The van der Waals surface area contributed by atoms with E-state index in [-0.39, 0.29) is 0 Å². The van der Waals surface area contributed by atoms with Gasteiger partial charge in [-0.05, 0) is 83.6 Å². The lowest BCUT2D eigenvalue weighted by Crippen LogP contribution is -2.02. The van der Waals surface area contributed by atoms with Crippen LogP contribution in [0.1, 0.15) is 48.4 Å². The number of fused-ring (bicyclic) bond motifs is 3. The molecule has 1 aliphatic carbocycles. The Bertz CT molecular complexity index is 1190. The number of rotatable bonds is 7. The Balaban J connectivity index is 1.44. The molecule has 3 heteroatoms. The molecule has 0 spiro atoms. The van der Waals surface area contributed by atoms with E-state index < -0.39 is 5.97 Å². The van der Waals surface area contributed by atoms with Crippen molar-refractivity contribution in [2.45, 2.75) is 32.6 Å². The fourth-order valence-corrected chi connectivity index (χ4v) is 3.81. The fourth-order valence-electron chi connectivity index (χ4n) is 3.81. The lowest BCUT2D eigenvalue weighted by Gasteiger charge is -2.08. The zero-order valence-corrected chi connectivity index (χ0v) is 18.3. The largest absolute Gasteiger partial charge is 0.494 e. The minimum atomic E-state index is -0.474. The first-order valence-corrected chi connectivity index (χ1v) is 11.0. The SMILES string of the molecule is C=CC(=O)Oc1ccc(C#Cc2ccc3c(c2)Cc2cc(OCCCCC)ccc2-3)cc1. The van der Waals surface area contributed by atoms with Crippen LogP contribution in [-0.4, -0.2) is 12.6 Å². The zero-order valence-electron chi connectivity index (χ0n) is 18.3. The van der Waals surface area contributed by atoms with Crippen molar-refractivity contribution in [3.63, 3.8) is 0 Å². The molecule has 160 valence electrons. The average molecular weight is 423 g/mol. The molecule has 0 radical (unpaired) electrons. The van der Waals surface area contributed by atoms with Crippen LogP contribution in [0.5, 0.6) is 11.5 Å². The van der Waals surface area contributed by atoms with Gasteiger partial charge >= 0.3 is 5.97 Å². The summed E-state index contributed by atoms with van der Waals surface area (Å²) in [5.74, 6) is 7.38. The van der Waals surface area contributed by atoms with Gasteiger partial charge in [-0.2, -0.15) is 0 Å². The number of ether oxygens (including phenoxy) is 2. The lowest BCUT2D eigenvalue weighted by molar-refractivity contribution is -0.128. The molecule has 32 heavy (non-hydrogen) atoms. The van der Waals surface area contributed by atoms with Crippen molar-refractivity contribution in [3.8, 4) is 34.5 Å². The highest BCUT2D eigenvalue weighted by Gasteiger charge is 2.19. The smallest absolute Gasteiger partial charge is 0.335 e. The van der Waals surface area contributed by atoms with E-state index in [0.717, 1.165) is 42.4 Å². The molecule has 0 saturated heterocycles. The third-order valence-corrected chi connectivity index (χ3v) is 5.46. The zero-order chi connectivity index (χ0) is 22.3. The lowest BCUT2D eigenvalue weighted by atomic mass is 10.0. The summed E-state index contributed by atoms with van der Waals surface area (Å²) < 4.78 is 11.0. The molecule has 1 aliphatic rings. The van der Waals surface area contributed by atoms with Crippen molar-refractivity contribution in [1.82, 2.24) is 0 Å². The van der Waals surface area contributed by atoms with Crippen LogP contribution in [0.3, 0.4) is 0 Å². The predicted octanol–water partition coefficient (Wildman–Crippen LogP) is 6.32. The van der Waals surface area contributed by atoms with Crippen molar-refractivity contribution in [3.05, 3.63) is 95.6 Å². The van der Waals surface area contributed by atoms with Gasteiger partial charge < -0.3 is 9.47 Å². The summed E-state index contributed by atoms with van der Waals surface area (Å²) in [4.78, 5) is 11.3. The number of esters is 1. The van der Waals surface area contributed by atoms with Gasteiger partial charge in [0.05, 0.1) is 6.61 Å². The molecule has 4 rings (SSSR count). The minimum Gasteiger partial charge on any atom is -0.494 e. The normalized spacial score (nSPS) is 11.0. The molecule has 3 nitrogen and oxygen atoms in total. The van der Waals surface area contributed by atoms with Crippen molar-refractivity contribution < 1.29 is 14.3 Å². The van der Waals surface area contributed by atoms with Crippen molar-refractivity contribution in [1.29, 1.82) is 0 Å². The van der Waals surface area contributed by atoms with Gasteiger partial charge in [0.25, 0.3) is 0 Å².